The van der Waals surface area contributed by atoms with Crippen molar-refractivity contribution in [3.63, 3.8) is 0 Å². The van der Waals surface area contributed by atoms with E-state index in [-0.39, 0.29) is 0 Å². The molecule has 0 radical (unpaired) electrons. The van der Waals surface area contributed by atoms with Crippen molar-refractivity contribution in [1.82, 2.24) is 15.5 Å². The molecule has 18 heavy (non-hydrogen) atoms. The van der Waals surface area contributed by atoms with Gasteiger partial charge in [-0.15, -0.1) is 0 Å². The van der Waals surface area contributed by atoms with E-state index in [0.717, 1.165) is 31.7 Å². The monoisotopic (exact) mass is 245 g/mol. The highest BCUT2D eigenvalue weighted by molar-refractivity contribution is 5.37. The molecule has 0 spiro atoms. The largest absolute Gasteiger partial charge is 0.493 e. The van der Waals surface area contributed by atoms with Crippen molar-refractivity contribution in [2.75, 3.05) is 13.2 Å². The molecule has 1 aromatic carbocycles. The van der Waals surface area contributed by atoms with Gasteiger partial charge < -0.3 is 14.6 Å². The van der Waals surface area contributed by atoms with Gasteiger partial charge in [0.15, 0.2) is 6.33 Å². The molecule has 0 fully saturated rings. The zero-order chi connectivity index (χ0) is 12.2. The fourth-order valence-corrected chi connectivity index (χ4v) is 2.21. The van der Waals surface area contributed by atoms with Gasteiger partial charge in [0.2, 0.25) is 5.89 Å². The highest BCUT2D eigenvalue weighted by Crippen LogP contribution is 2.31. The number of hydrogen-bond donors (Lipinski definition) is 1. The molecule has 2 aromatic rings. The molecule has 0 amide bonds. The Morgan fingerprint density at radius 2 is 2.28 bits per heavy atom. The first-order valence-corrected chi connectivity index (χ1v) is 6.14. The van der Waals surface area contributed by atoms with Gasteiger partial charge in [0, 0.05) is 31.0 Å². The lowest BCUT2D eigenvalue weighted by Gasteiger charge is -2.26. The van der Waals surface area contributed by atoms with Crippen LogP contribution in [0.15, 0.2) is 35.1 Å². The van der Waals surface area contributed by atoms with Crippen LogP contribution >= 0.6 is 0 Å². The number of aromatic nitrogens is 2. The molecule has 5 heteroatoms. The van der Waals surface area contributed by atoms with Crippen LogP contribution < -0.4 is 10.1 Å². The summed E-state index contributed by atoms with van der Waals surface area (Å²) < 4.78 is 10.6. The quantitative estimate of drug-likeness (QED) is 0.888. The minimum absolute atomic E-state index is 0.345. The molecule has 0 bridgehead atoms. The minimum Gasteiger partial charge on any atom is -0.493 e. The number of fused-ring (bicyclic) bond motifs is 1. The second-order valence-electron chi connectivity index (χ2n) is 4.27. The first kappa shape index (κ1) is 11.2. The summed E-state index contributed by atoms with van der Waals surface area (Å²) in [6.45, 7) is 1.58. The summed E-state index contributed by atoms with van der Waals surface area (Å²) in [5, 5.41) is 7.10. The van der Waals surface area contributed by atoms with Crippen LogP contribution in [-0.2, 0) is 6.42 Å². The zero-order valence-corrected chi connectivity index (χ0v) is 10.0. The summed E-state index contributed by atoms with van der Waals surface area (Å²) in [4.78, 5) is 4.00. The highest BCUT2D eigenvalue weighted by atomic mass is 16.5. The molecule has 1 aliphatic heterocycles. The van der Waals surface area contributed by atoms with Crippen molar-refractivity contribution in [2.24, 2.45) is 0 Å². The summed E-state index contributed by atoms with van der Waals surface area (Å²) >= 11 is 0. The van der Waals surface area contributed by atoms with Crippen LogP contribution in [0, 0.1) is 0 Å². The van der Waals surface area contributed by atoms with Crippen molar-refractivity contribution in [3.05, 3.63) is 42.0 Å². The number of ether oxygens (including phenoxy) is 1. The molecule has 1 N–H and O–H groups in total. The zero-order valence-electron chi connectivity index (χ0n) is 10.0. The number of hydrogen-bond acceptors (Lipinski definition) is 5. The molecule has 0 aliphatic carbocycles. The van der Waals surface area contributed by atoms with Crippen molar-refractivity contribution >= 4 is 0 Å². The van der Waals surface area contributed by atoms with E-state index in [2.05, 4.69) is 21.5 Å². The van der Waals surface area contributed by atoms with Crippen LogP contribution in [0.25, 0.3) is 0 Å². The van der Waals surface area contributed by atoms with Gasteiger partial charge >= 0.3 is 0 Å². The molecule has 3 rings (SSSR count). The Morgan fingerprint density at radius 3 is 3.17 bits per heavy atom. The normalized spacial score (nSPS) is 18.1. The number of para-hydroxylation sites is 1. The number of benzene rings is 1. The predicted molar refractivity (Wildman–Crippen MR) is 65.3 cm³/mol. The topological polar surface area (TPSA) is 60.2 Å². The smallest absolute Gasteiger partial charge is 0.227 e. The second kappa shape index (κ2) is 5.18. The molecule has 2 heterocycles. The fraction of sp³-hybridized carbons (Fsp3) is 0.385. The maximum absolute atomic E-state index is 5.63. The highest BCUT2D eigenvalue weighted by Gasteiger charge is 2.20. The van der Waals surface area contributed by atoms with Gasteiger partial charge in [0.05, 0.1) is 6.61 Å². The van der Waals surface area contributed by atoms with Crippen LogP contribution in [-0.4, -0.2) is 23.3 Å². The standard InChI is InChI=1S/C13H15N3O2/c1-2-4-12-10(3-1)11(6-8-17-12)14-7-5-13-15-9-16-18-13/h1-4,9,11,14H,5-8H2. The second-order valence-corrected chi connectivity index (χ2v) is 4.27. The Kier molecular flexibility index (Phi) is 3.23. The van der Waals surface area contributed by atoms with Gasteiger partial charge in [0.1, 0.15) is 5.75 Å². The van der Waals surface area contributed by atoms with Crippen LogP contribution in [0.3, 0.4) is 0 Å². The number of nitrogens with zero attached hydrogens (tertiary/aromatic N) is 2. The molecule has 1 aliphatic rings. The lowest BCUT2D eigenvalue weighted by atomic mass is 10.0. The molecule has 94 valence electrons. The maximum atomic E-state index is 5.63. The Morgan fingerprint density at radius 1 is 1.33 bits per heavy atom. The lowest BCUT2D eigenvalue weighted by Crippen LogP contribution is -2.28. The van der Waals surface area contributed by atoms with Crippen molar-refractivity contribution < 1.29 is 9.26 Å². The van der Waals surface area contributed by atoms with E-state index in [9.17, 15) is 0 Å². The van der Waals surface area contributed by atoms with Gasteiger partial charge in [0.25, 0.3) is 0 Å². The summed E-state index contributed by atoms with van der Waals surface area (Å²) in [5.41, 5.74) is 1.23. The van der Waals surface area contributed by atoms with Crippen molar-refractivity contribution in [2.45, 2.75) is 18.9 Å². The van der Waals surface area contributed by atoms with E-state index < -0.39 is 0 Å². The summed E-state index contributed by atoms with van der Waals surface area (Å²) in [5.74, 6) is 1.65. The Labute approximate surface area is 105 Å². The third-order valence-electron chi connectivity index (χ3n) is 3.10. The molecule has 1 aromatic heterocycles. The van der Waals surface area contributed by atoms with E-state index in [4.69, 9.17) is 9.26 Å². The fourth-order valence-electron chi connectivity index (χ4n) is 2.21. The van der Waals surface area contributed by atoms with Crippen molar-refractivity contribution in [1.29, 1.82) is 0 Å². The van der Waals surface area contributed by atoms with E-state index in [1.54, 1.807) is 0 Å². The summed E-state index contributed by atoms with van der Waals surface area (Å²) in [7, 11) is 0. The SMILES string of the molecule is c1ccc2c(c1)OCCC2NCCc1ncno1. The van der Waals surface area contributed by atoms with Crippen LogP contribution in [0.5, 0.6) is 5.75 Å². The van der Waals surface area contributed by atoms with E-state index >= 15 is 0 Å². The van der Waals surface area contributed by atoms with Gasteiger partial charge in [-0.3, -0.25) is 0 Å². The Bertz CT molecular complexity index is 499. The minimum atomic E-state index is 0.345. The van der Waals surface area contributed by atoms with E-state index in [1.165, 1.54) is 11.9 Å². The van der Waals surface area contributed by atoms with Crippen LogP contribution in [0.2, 0.25) is 0 Å². The van der Waals surface area contributed by atoms with Gasteiger partial charge in [-0.05, 0) is 6.07 Å². The average Bonchev–Trinajstić information content (AvgIpc) is 2.92. The average molecular weight is 245 g/mol. The molecular weight excluding hydrogens is 230 g/mol. The predicted octanol–water partition coefficient (Wildman–Crippen LogP) is 1.73. The lowest BCUT2D eigenvalue weighted by molar-refractivity contribution is 0.252. The summed E-state index contributed by atoms with van der Waals surface area (Å²) in [6.07, 6.45) is 3.17. The van der Waals surface area contributed by atoms with Crippen molar-refractivity contribution in [3.8, 4) is 5.75 Å². The maximum Gasteiger partial charge on any atom is 0.227 e. The molecule has 0 saturated carbocycles. The van der Waals surface area contributed by atoms with E-state index in [0.29, 0.717) is 11.9 Å². The summed E-state index contributed by atoms with van der Waals surface area (Å²) in [6, 6.07) is 8.51. The molecular formula is C13H15N3O2. The number of rotatable bonds is 4. The first-order chi connectivity index (χ1) is 8.93. The number of nitrogens with one attached hydrogen (secondary N) is 1. The van der Waals surface area contributed by atoms with Gasteiger partial charge in [-0.25, -0.2) is 0 Å². The molecule has 1 atom stereocenters. The first-order valence-electron chi connectivity index (χ1n) is 6.14. The third-order valence-corrected chi connectivity index (χ3v) is 3.10. The molecule has 1 unspecified atom stereocenters. The third kappa shape index (κ3) is 2.36. The van der Waals surface area contributed by atoms with E-state index in [1.807, 2.05) is 18.2 Å². The Hall–Kier alpha value is -1.88. The van der Waals surface area contributed by atoms with Crippen LogP contribution in [0.4, 0.5) is 0 Å². The molecule has 5 nitrogen and oxygen atoms in total. The Balaban J connectivity index is 1.60. The van der Waals surface area contributed by atoms with Gasteiger partial charge in [-0.2, -0.15) is 4.98 Å². The molecule has 0 saturated heterocycles. The van der Waals surface area contributed by atoms with Crippen LogP contribution in [0.1, 0.15) is 23.9 Å². The van der Waals surface area contributed by atoms with Gasteiger partial charge in [-0.1, -0.05) is 23.4 Å².